The topological polar surface area (TPSA) is 36.3 Å². The van der Waals surface area contributed by atoms with Gasteiger partial charge in [0.15, 0.2) is 0 Å². The van der Waals surface area contributed by atoms with Crippen LogP contribution in [0.4, 0.5) is 0 Å². The van der Waals surface area contributed by atoms with E-state index in [0.717, 1.165) is 36.0 Å². The molecule has 1 unspecified atom stereocenters. The van der Waals surface area contributed by atoms with Crippen LogP contribution in [0, 0.1) is 13.8 Å². The summed E-state index contributed by atoms with van der Waals surface area (Å²) in [6.45, 7) is 13.8. The van der Waals surface area contributed by atoms with Gasteiger partial charge in [0.05, 0.1) is 23.0 Å². The van der Waals surface area contributed by atoms with Gasteiger partial charge in [-0.3, -0.25) is 9.58 Å². The lowest BCUT2D eigenvalue weighted by Crippen LogP contribution is -2.49. The first-order valence-electron chi connectivity index (χ1n) is 7.81. The van der Waals surface area contributed by atoms with Crippen molar-refractivity contribution in [2.24, 2.45) is 0 Å². The number of aromatic nitrogens is 2. The Morgan fingerprint density at radius 2 is 1.90 bits per heavy atom. The highest BCUT2D eigenvalue weighted by atomic mass is 35.5. The van der Waals surface area contributed by atoms with Gasteiger partial charge in [-0.1, -0.05) is 11.6 Å². The lowest BCUT2D eigenvalue weighted by Gasteiger charge is -2.34. The number of nitrogens with zero attached hydrogens (tertiary/aromatic N) is 4. The third-order valence-electron chi connectivity index (χ3n) is 4.24. The van der Waals surface area contributed by atoms with Crippen LogP contribution in [-0.4, -0.2) is 71.9 Å². The van der Waals surface area contributed by atoms with E-state index in [1.54, 1.807) is 0 Å². The van der Waals surface area contributed by atoms with E-state index in [1.807, 2.05) is 18.5 Å². The normalized spacial score (nSPS) is 19.1. The summed E-state index contributed by atoms with van der Waals surface area (Å²) in [4.78, 5) is 4.93. The molecule has 0 bridgehead atoms. The minimum Gasteiger partial charge on any atom is -0.311 e. The fourth-order valence-electron chi connectivity index (χ4n) is 2.79. The molecule has 0 amide bonds. The van der Waals surface area contributed by atoms with Gasteiger partial charge in [0.1, 0.15) is 0 Å². The van der Waals surface area contributed by atoms with Crippen LogP contribution in [0.25, 0.3) is 0 Å². The Morgan fingerprint density at radius 1 is 1.24 bits per heavy atom. The molecule has 2 heterocycles. The molecule has 1 aromatic heterocycles. The summed E-state index contributed by atoms with van der Waals surface area (Å²) in [5, 5.41) is 8.84. The Morgan fingerprint density at radius 3 is 2.48 bits per heavy atom. The van der Waals surface area contributed by atoms with Gasteiger partial charge >= 0.3 is 0 Å². The van der Waals surface area contributed by atoms with Crippen LogP contribution in [0.15, 0.2) is 0 Å². The molecule has 1 saturated heterocycles. The van der Waals surface area contributed by atoms with Crippen LogP contribution in [0.1, 0.15) is 18.3 Å². The molecule has 1 N–H and O–H groups in total. The Kier molecular flexibility index (Phi) is 6.05. The minimum atomic E-state index is 0.501. The lowest BCUT2D eigenvalue weighted by atomic mass is 10.2. The fourth-order valence-corrected chi connectivity index (χ4v) is 2.93. The molecule has 6 heteroatoms. The number of rotatable bonds is 6. The zero-order chi connectivity index (χ0) is 15.4. The van der Waals surface area contributed by atoms with Crippen molar-refractivity contribution in [1.29, 1.82) is 0 Å². The third-order valence-corrected chi connectivity index (χ3v) is 4.78. The van der Waals surface area contributed by atoms with Gasteiger partial charge in [-0.15, -0.1) is 0 Å². The first-order chi connectivity index (χ1) is 9.97. The molecule has 1 aliphatic rings. The second kappa shape index (κ2) is 7.58. The van der Waals surface area contributed by atoms with Crippen molar-refractivity contribution in [1.82, 2.24) is 24.9 Å². The molecule has 0 saturated carbocycles. The number of halogens is 1. The van der Waals surface area contributed by atoms with Crippen molar-refractivity contribution in [3.8, 4) is 0 Å². The van der Waals surface area contributed by atoms with Gasteiger partial charge in [0.25, 0.3) is 0 Å². The number of aryl methyl sites for hydroxylation is 1. The molecular weight excluding hydrogens is 286 g/mol. The Balaban J connectivity index is 1.69. The molecule has 1 atom stereocenters. The predicted molar refractivity (Wildman–Crippen MR) is 88.1 cm³/mol. The maximum absolute atomic E-state index is 6.17. The largest absolute Gasteiger partial charge is 0.311 e. The molecule has 0 spiro atoms. The Hall–Kier alpha value is -0.620. The molecular formula is C15H28ClN5. The number of nitrogens with one attached hydrogen (secondary N) is 1. The predicted octanol–water partition coefficient (Wildman–Crippen LogP) is 1.38. The van der Waals surface area contributed by atoms with Crippen LogP contribution in [0.2, 0.25) is 5.02 Å². The van der Waals surface area contributed by atoms with E-state index in [9.17, 15) is 0 Å². The van der Waals surface area contributed by atoms with Crippen LogP contribution >= 0.6 is 11.6 Å². The second-order valence-corrected chi connectivity index (χ2v) is 6.54. The highest BCUT2D eigenvalue weighted by Crippen LogP contribution is 2.18. The minimum absolute atomic E-state index is 0.501. The van der Waals surface area contributed by atoms with E-state index in [2.05, 4.69) is 34.2 Å². The van der Waals surface area contributed by atoms with Gasteiger partial charge in [-0.2, -0.15) is 5.10 Å². The number of hydrogen-bond acceptors (Lipinski definition) is 4. The summed E-state index contributed by atoms with van der Waals surface area (Å²) in [5.74, 6) is 0. The number of likely N-dealkylation sites (N-methyl/N-ethyl adjacent to an activating group) is 1. The maximum Gasteiger partial charge on any atom is 0.0844 e. The van der Waals surface area contributed by atoms with Gasteiger partial charge in [0, 0.05) is 45.3 Å². The van der Waals surface area contributed by atoms with Crippen molar-refractivity contribution in [3.05, 3.63) is 16.4 Å². The molecule has 0 aromatic carbocycles. The number of hydrogen-bond donors (Lipinski definition) is 1. The molecule has 21 heavy (non-hydrogen) atoms. The van der Waals surface area contributed by atoms with Crippen molar-refractivity contribution in [2.45, 2.75) is 33.4 Å². The zero-order valence-electron chi connectivity index (χ0n) is 13.7. The van der Waals surface area contributed by atoms with Gasteiger partial charge < -0.3 is 10.2 Å². The average Bonchev–Trinajstić information content (AvgIpc) is 2.69. The van der Waals surface area contributed by atoms with Crippen LogP contribution < -0.4 is 5.32 Å². The quantitative estimate of drug-likeness (QED) is 0.861. The number of piperazine rings is 1. The maximum atomic E-state index is 6.17. The third kappa shape index (κ3) is 4.68. The van der Waals surface area contributed by atoms with Gasteiger partial charge in [0.2, 0.25) is 0 Å². The summed E-state index contributed by atoms with van der Waals surface area (Å²) in [6, 6.07) is 0.501. The summed E-state index contributed by atoms with van der Waals surface area (Å²) in [7, 11) is 2.19. The average molecular weight is 314 g/mol. The SMILES string of the molecule is Cc1nn(CCNC(C)CN2CCN(C)CC2)c(C)c1Cl. The van der Waals surface area contributed by atoms with E-state index in [1.165, 1.54) is 26.2 Å². The molecule has 1 aromatic rings. The van der Waals surface area contributed by atoms with E-state index < -0.39 is 0 Å². The summed E-state index contributed by atoms with van der Waals surface area (Å²) >= 11 is 6.17. The molecule has 5 nitrogen and oxygen atoms in total. The van der Waals surface area contributed by atoms with Crippen molar-refractivity contribution < 1.29 is 0 Å². The highest BCUT2D eigenvalue weighted by molar-refractivity contribution is 6.31. The Labute approximate surface area is 133 Å². The molecule has 2 rings (SSSR count). The molecule has 1 aliphatic heterocycles. The van der Waals surface area contributed by atoms with Crippen molar-refractivity contribution in [3.63, 3.8) is 0 Å². The zero-order valence-corrected chi connectivity index (χ0v) is 14.4. The lowest BCUT2D eigenvalue weighted by molar-refractivity contribution is 0.144. The molecule has 0 radical (unpaired) electrons. The summed E-state index contributed by atoms with van der Waals surface area (Å²) in [6.07, 6.45) is 0. The molecule has 0 aliphatic carbocycles. The first kappa shape index (κ1) is 16.7. The monoisotopic (exact) mass is 313 g/mol. The Bertz CT molecular complexity index is 451. The van der Waals surface area contributed by atoms with Crippen molar-refractivity contribution in [2.75, 3.05) is 46.3 Å². The second-order valence-electron chi connectivity index (χ2n) is 6.17. The molecule has 120 valence electrons. The van der Waals surface area contributed by atoms with E-state index in [4.69, 9.17) is 11.6 Å². The van der Waals surface area contributed by atoms with Crippen LogP contribution in [0.3, 0.4) is 0 Å². The smallest absolute Gasteiger partial charge is 0.0844 e. The van der Waals surface area contributed by atoms with Crippen molar-refractivity contribution >= 4 is 11.6 Å². The fraction of sp³-hybridized carbons (Fsp3) is 0.800. The highest BCUT2D eigenvalue weighted by Gasteiger charge is 2.16. The van der Waals surface area contributed by atoms with Gasteiger partial charge in [-0.25, -0.2) is 0 Å². The van der Waals surface area contributed by atoms with Crippen LogP contribution in [0.5, 0.6) is 0 Å². The summed E-state index contributed by atoms with van der Waals surface area (Å²) in [5.41, 5.74) is 1.97. The standard InChI is InChI=1S/C15H28ClN5/c1-12(11-20-9-7-19(4)8-10-20)17-5-6-21-14(3)15(16)13(2)18-21/h12,17H,5-11H2,1-4H3. The van der Waals surface area contributed by atoms with E-state index >= 15 is 0 Å². The first-order valence-corrected chi connectivity index (χ1v) is 8.19. The van der Waals surface area contributed by atoms with E-state index in [0.29, 0.717) is 6.04 Å². The van der Waals surface area contributed by atoms with E-state index in [-0.39, 0.29) is 0 Å². The van der Waals surface area contributed by atoms with Crippen LogP contribution in [-0.2, 0) is 6.54 Å². The van der Waals surface area contributed by atoms with Gasteiger partial charge in [-0.05, 0) is 27.8 Å². The molecule has 1 fully saturated rings. The summed E-state index contributed by atoms with van der Waals surface area (Å²) < 4.78 is 1.99.